The van der Waals surface area contributed by atoms with Crippen LogP contribution >= 0.6 is 11.5 Å². The lowest BCUT2D eigenvalue weighted by molar-refractivity contribution is 0.247. The van der Waals surface area contributed by atoms with E-state index in [9.17, 15) is 0 Å². The van der Waals surface area contributed by atoms with E-state index in [0.717, 1.165) is 43.4 Å². The van der Waals surface area contributed by atoms with Crippen LogP contribution in [0.15, 0.2) is 30.3 Å². The second-order valence-electron chi connectivity index (χ2n) is 4.90. The van der Waals surface area contributed by atoms with Gasteiger partial charge in [-0.3, -0.25) is 4.90 Å². The number of rotatable bonds is 4. The molecule has 106 valence electrons. The van der Waals surface area contributed by atoms with Crippen LogP contribution < -0.4 is 10.2 Å². The molecule has 0 radical (unpaired) electrons. The summed E-state index contributed by atoms with van der Waals surface area (Å²) in [5.74, 6) is 0. The van der Waals surface area contributed by atoms with E-state index in [-0.39, 0.29) is 0 Å². The highest BCUT2D eigenvalue weighted by molar-refractivity contribution is 7.10. The first-order chi connectivity index (χ1) is 9.86. The molecule has 1 aromatic carbocycles. The molecule has 2 heterocycles. The van der Waals surface area contributed by atoms with Crippen LogP contribution in [-0.4, -0.2) is 47.7 Å². The number of benzene rings is 1. The van der Waals surface area contributed by atoms with Crippen molar-refractivity contribution in [2.24, 2.45) is 0 Å². The molecule has 2 aromatic rings. The lowest BCUT2D eigenvalue weighted by atomic mass is 10.2. The van der Waals surface area contributed by atoms with Crippen LogP contribution in [0.25, 0.3) is 0 Å². The van der Waals surface area contributed by atoms with Crippen molar-refractivity contribution in [2.45, 2.75) is 6.54 Å². The third kappa shape index (κ3) is 2.91. The van der Waals surface area contributed by atoms with Gasteiger partial charge in [-0.2, -0.15) is 0 Å². The summed E-state index contributed by atoms with van der Waals surface area (Å²) in [5.41, 5.74) is 2.38. The van der Waals surface area contributed by atoms with E-state index >= 15 is 0 Å². The molecule has 1 aromatic heterocycles. The zero-order valence-electron chi connectivity index (χ0n) is 11.6. The maximum absolute atomic E-state index is 4.21. The molecule has 1 aliphatic heterocycles. The molecule has 0 unspecified atom stereocenters. The van der Waals surface area contributed by atoms with Crippen LogP contribution in [0.5, 0.6) is 0 Å². The lowest BCUT2D eigenvalue weighted by Gasteiger charge is -2.35. The molecule has 1 aliphatic rings. The Kier molecular flexibility index (Phi) is 4.13. The van der Waals surface area contributed by atoms with Gasteiger partial charge in [0.1, 0.15) is 10.7 Å². The average Bonchev–Trinajstić information content (AvgIpc) is 2.96. The second kappa shape index (κ2) is 6.19. The Morgan fingerprint density at radius 2 is 1.90 bits per heavy atom. The molecule has 5 nitrogen and oxygen atoms in total. The van der Waals surface area contributed by atoms with Gasteiger partial charge >= 0.3 is 0 Å². The summed E-state index contributed by atoms with van der Waals surface area (Å²) in [6.07, 6.45) is 0. The Morgan fingerprint density at radius 3 is 2.60 bits per heavy atom. The molecule has 3 rings (SSSR count). The summed E-state index contributed by atoms with van der Waals surface area (Å²) in [5, 5.41) is 8.44. The third-order valence-electron chi connectivity index (χ3n) is 3.65. The molecular weight excluding hydrogens is 270 g/mol. The van der Waals surface area contributed by atoms with Crippen LogP contribution in [0.3, 0.4) is 0 Å². The Labute approximate surface area is 123 Å². The fraction of sp³-hybridized carbons (Fsp3) is 0.429. The summed E-state index contributed by atoms with van der Waals surface area (Å²) in [7, 11) is 1.92. The highest BCUT2D eigenvalue weighted by Gasteiger charge is 2.19. The van der Waals surface area contributed by atoms with Gasteiger partial charge in [-0.15, -0.1) is 5.10 Å². The van der Waals surface area contributed by atoms with Crippen molar-refractivity contribution in [3.8, 4) is 0 Å². The largest absolute Gasteiger partial charge is 0.377 e. The van der Waals surface area contributed by atoms with Crippen LogP contribution in [0, 0.1) is 0 Å². The summed E-state index contributed by atoms with van der Waals surface area (Å²) < 4.78 is 4.01. The van der Waals surface area contributed by atoms with Gasteiger partial charge in [-0.1, -0.05) is 22.7 Å². The smallest absolute Gasteiger partial charge is 0.134 e. The lowest BCUT2D eigenvalue weighted by Crippen LogP contribution is -2.46. The topological polar surface area (TPSA) is 44.3 Å². The number of hydrogen-bond donors (Lipinski definition) is 1. The fourth-order valence-corrected chi connectivity index (χ4v) is 3.04. The number of aromatic nitrogens is 2. The molecule has 6 heteroatoms. The van der Waals surface area contributed by atoms with E-state index in [1.807, 2.05) is 7.05 Å². The Hall–Kier alpha value is -1.66. The standard InChI is InChI=1S/C14H19N5S/c1-15-14-13(16-17-20-14)11-18-7-9-19(10-8-18)12-5-3-2-4-6-12/h2-6,15H,7-11H2,1H3. The van der Waals surface area contributed by atoms with Gasteiger partial charge in [0.25, 0.3) is 0 Å². The van der Waals surface area contributed by atoms with Crippen LogP contribution in [0.4, 0.5) is 10.7 Å². The molecule has 20 heavy (non-hydrogen) atoms. The summed E-state index contributed by atoms with van der Waals surface area (Å²) in [4.78, 5) is 4.88. The normalized spacial score (nSPS) is 16.4. The maximum atomic E-state index is 4.21. The van der Waals surface area contributed by atoms with E-state index in [4.69, 9.17) is 0 Å². The summed E-state index contributed by atoms with van der Waals surface area (Å²) in [6, 6.07) is 10.6. The molecule has 0 saturated carbocycles. The molecular formula is C14H19N5S. The van der Waals surface area contributed by atoms with Crippen LogP contribution in [0.2, 0.25) is 0 Å². The quantitative estimate of drug-likeness (QED) is 0.931. The number of hydrogen-bond acceptors (Lipinski definition) is 6. The number of piperazine rings is 1. The van der Waals surface area contributed by atoms with Crippen molar-refractivity contribution >= 4 is 22.2 Å². The zero-order chi connectivity index (χ0) is 13.8. The predicted octanol–water partition coefficient (Wildman–Crippen LogP) is 1.90. The van der Waals surface area contributed by atoms with E-state index in [2.05, 4.69) is 55.0 Å². The number of nitrogens with one attached hydrogen (secondary N) is 1. The monoisotopic (exact) mass is 289 g/mol. The molecule has 1 N–H and O–H groups in total. The molecule has 0 atom stereocenters. The Bertz CT molecular complexity index is 534. The van der Waals surface area contributed by atoms with Gasteiger partial charge in [0.2, 0.25) is 0 Å². The first kappa shape index (κ1) is 13.3. The van der Waals surface area contributed by atoms with Crippen molar-refractivity contribution in [3.05, 3.63) is 36.0 Å². The molecule has 0 amide bonds. The van der Waals surface area contributed by atoms with E-state index < -0.39 is 0 Å². The van der Waals surface area contributed by atoms with Crippen molar-refractivity contribution < 1.29 is 0 Å². The summed E-state index contributed by atoms with van der Waals surface area (Å²) >= 11 is 1.43. The predicted molar refractivity (Wildman–Crippen MR) is 83.4 cm³/mol. The van der Waals surface area contributed by atoms with E-state index in [1.165, 1.54) is 17.2 Å². The zero-order valence-corrected chi connectivity index (χ0v) is 12.4. The van der Waals surface area contributed by atoms with Crippen molar-refractivity contribution in [2.75, 3.05) is 43.4 Å². The van der Waals surface area contributed by atoms with Gasteiger partial charge in [0.15, 0.2) is 0 Å². The van der Waals surface area contributed by atoms with E-state index in [0.29, 0.717) is 0 Å². The SMILES string of the molecule is CNc1snnc1CN1CCN(c2ccccc2)CC1. The average molecular weight is 289 g/mol. The molecule has 0 spiro atoms. The minimum Gasteiger partial charge on any atom is -0.377 e. The summed E-state index contributed by atoms with van der Waals surface area (Å²) in [6.45, 7) is 5.15. The van der Waals surface area contributed by atoms with Crippen LogP contribution in [-0.2, 0) is 6.54 Å². The number of anilines is 2. The van der Waals surface area contributed by atoms with Gasteiger partial charge in [0.05, 0.1) is 0 Å². The van der Waals surface area contributed by atoms with Crippen molar-refractivity contribution in [3.63, 3.8) is 0 Å². The van der Waals surface area contributed by atoms with Crippen LogP contribution in [0.1, 0.15) is 5.69 Å². The molecule has 1 saturated heterocycles. The Morgan fingerprint density at radius 1 is 1.15 bits per heavy atom. The van der Waals surface area contributed by atoms with Crippen molar-refractivity contribution in [1.82, 2.24) is 14.5 Å². The Balaban J connectivity index is 1.56. The van der Waals surface area contributed by atoms with E-state index in [1.54, 1.807) is 0 Å². The maximum Gasteiger partial charge on any atom is 0.134 e. The van der Waals surface area contributed by atoms with Gasteiger partial charge in [-0.25, -0.2) is 0 Å². The number of para-hydroxylation sites is 1. The first-order valence-electron chi connectivity index (χ1n) is 6.88. The highest BCUT2D eigenvalue weighted by atomic mass is 32.1. The second-order valence-corrected chi connectivity index (χ2v) is 5.65. The number of nitrogens with zero attached hydrogens (tertiary/aromatic N) is 4. The molecule has 1 fully saturated rings. The highest BCUT2D eigenvalue weighted by Crippen LogP contribution is 2.20. The van der Waals surface area contributed by atoms with Gasteiger partial charge in [0, 0.05) is 57.0 Å². The third-order valence-corrected chi connectivity index (χ3v) is 4.44. The molecule has 0 bridgehead atoms. The minimum atomic E-state index is 0.884. The van der Waals surface area contributed by atoms with Crippen molar-refractivity contribution in [1.29, 1.82) is 0 Å². The fourth-order valence-electron chi connectivity index (χ4n) is 2.52. The minimum absolute atomic E-state index is 0.884. The van der Waals surface area contributed by atoms with Gasteiger partial charge < -0.3 is 10.2 Å². The van der Waals surface area contributed by atoms with Gasteiger partial charge in [-0.05, 0) is 12.1 Å². The molecule has 0 aliphatic carbocycles. The first-order valence-corrected chi connectivity index (χ1v) is 7.65.